The Morgan fingerprint density at radius 2 is 0.980 bits per heavy atom. The summed E-state index contributed by atoms with van der Waals surface area (Å²) >= 11 is 0. The molecule has 0 radical (unpaired) electrons. The fourth-order valence-electron chi connectivity index (χ4n) is 6.78. The van der Waals surface area contributed by atoms with Crippen LogP contribution < -0.4 is 5.32 Å². The van der Waals surface area contributed by atoms with Crippen LogP contribution in [-0.2, 0) is 9.47 Å². The summed E-state index contributed by atoms with van der Waals surface area (Å²) in [5.74, 6) is 0. The van der Waals surface area contributed by atoms with Crippen LogP contribution in [0.15, 0.2) is 48.6 Å². The molecule has 1 aliphatic rings. The second kappa shape index (κ2) is 41.6. The van der Waals surface area contributed by atoms with E-state index in [0.717, 1.165) is 52.2 Å². The number of allylic oxidation sites excluding steroid dienone is 8. The Hall–Kier alpha value is -1.20. The Kier molecular flexibility index (Phi) is 39.0. The lowest BCUT2D eigenvalue weighted by Crippen LogP contribution is -2.29. The van der Waals surface area contributed by atoms with Gasteiger partial charge in [-0.3, -0.25) is 0 Å². The second-order valence-electron chi connectivity index (χ2n) is 15.2. The molecule has 1 saturated heterocycles. The van der Waals surface area contributed by atoms with Crippen molar-refractivity contribution in [1.82, 2.24) is 10.2 Å². The van der Waals surface area contributed by atoms with Gasteiger partial charge in [0.25, 0.3) is 0 Å². The van der Waals surface area contributed by atoms with Gasteiger partial charge >= 0.3 is 0 Å². The molecule has 0 aliphatic carbocycles. The van der Waals surface area contributed by atoms with Crippen LogP contribution in [-0.4, -0.2) is 63.5 Å². The van der Waals surface area contributed by atoms with Crippen LogP contribution in [0.3, 0.4) is 0 Å². The van der Waals surface area contributed by atoms with Gasteiger partial charge in [0.2, 0.25) is 0 Å². The largest absolute Gasteiger partial charge is 0.379 e. The summed E-state index contributed by atoms with van der Waals surface area (Å²) in [5.41, 5.74) is 0. The molecule has 4 nitrogen and oxygen atoms in total. The van der Waals surface area contributed by atoms with E-state index in [1.54, 1.807) is 0 Å². The molecular weight excluding hydrogens is 625 g/mol. The molecule has 0 aromatic heterocycles. The maximum atomic E-state index is 6.39. The maximum Gasteiger partial charge on any atom is 0.0820 e. The molecule has 0 spiro atoms. The molecule has 1 rings (SSSR count). The molecule has 1 fully saturated rings. The third kappa shape index (κ3) is 36.9. The molecule has 1 N–H and O–H groups in total. The minimum atomic E-state index is 0.221. The van der Waals surface area contributed by atoms with Crippen molar-refractivity contribution in [3.05, 3.63) is 48.6 Å². The van der Waals surface area contributed by atoms with Crippen molar-refractivity contribution in [2.24, 2.45) is 0 Å². The van der Waals surface area contributed by atoms with Gasteiger partial charge in [0.05, 0.1) is 12.7 Å². The highest BCUT2D eigenvalue weighted by Crippen LogP contribution is 2.12. The summed E-state index contributed by atoms with van der Waals surface area (Å²) in [6.07, 6.45) is 55.0. The van der Waals surface area contributed by atoms with Gasteiger partial charge in [0, 0.05) is 13.2 Å². The zero-order valence-electron chi connectivity index (χ0n) is 34.4. The summed E-state index contributed by atoms with van der Waals surface area (Å²) in [6, 6.07) is 0. The van der Waals surface area contributed by atoms with E-state index in [4.69, 9.17) is 9.47 Å². The fraction of sp³-hybridized carbons (Fsp3) is 0.830. The van der Waals surface area contributed by atoms with Crippen LogP contribution in [0.2, 0.25) is 0 Å². The normalized spacial score (nSPS) is 14.9. The second-order valence-corrected chi connectivity index (χ2v) is 15.2. The first-order chi connectivity index (χ1) is 25.4. The van der Waals surface area contributed by atoms with E-state index in [9.17, 15) is 0 Å². The fourth-order valence-corrected chi connectivity index (χ4v) is 6.78. The minimum absolute atomic E-state index is 0.221. The number of hydrogen-bond donors (Lipinski definition) is 1. The summed E-state index contributed by atoms with van der Waals surface area (Å²) < 4.78 is 12.5. The molecule has 0 aromatic carbocycles. The number of likely N-dealkylation sites (tertiary alicyclic amines) is 1. The first-order valence-electron chi connectivity index (χ1n) is 22.6. The van der Waals surface area contributed by atoms with E-state index in [1.165, 1.54) is 180 Å². The number of rotatable bonds is 40. The van der Waals surface area contributed by atoms with Gasteiger partial charge in [-0.2, -0.15) is 0 Å². The average Bonchev–Trinajstić information content (AvgIpc) is 3.67. The quantitative estimate of drug-likeness (QED) is 0.0506. The number of unbranched alkanes of at least 4 members (excludes halogenated alkanes) is 18. The molecule has 1 aliphatic heterocycles. The SMILES string of the molecule is CCCCCC=CCC=CCCCCCCCCOCC(CCNCCCN1CCCC1)OCCCCCCCCC=CCC=CCCCCC. The van der Waals surface area contributed by atoms with Crippen molar-refractivity contribution >= 4 is 0 Å². The lowest BCUT2D eigenvalue weighted by atomic mass is 10.1. The minimum Gasteiger partial charge on any atom is -0.379 e. The van der Waals surface area contributed by atoms with Crippen molar-refractivity contribution in [1.29, 1.82) is 0 Å². The predicted molar refractivity (Wildman–Crippen MR) is 227 cm³/mol. The first kappa shape index (κ1) is 47.8. The van der Waals surface area contributed by atoms with Crippen LogP contribution in [0.5, 0.6) is 0 Å². The van der Waals surface area contributed by atoms with Crippen LogP contribution >= 0.6 is 0 Å². The Bertz CT molecular complexity index is 785. The molecule has 1 atom stereocenters. The van der Waals surface area contributed by atoms with Gasteiger partial charge in [-0.05, 0) is 135 Å². The van der Waals surface area contributed by atoms with Crippen molar-refractivity contribution in [3.63, 3.8) is 0 Å². The topological polar surface area (TPSA) is 33.7 Å². The molecule has 0 bridgehead atoms. The maximum absolute atomic E-state index is 6.39. The number of ether oxygens (including phenoxy) is 2. The molecule has 0 amide bonds. The Balaban J connectivity index is 2.07. The van der Waals surface area contributed by atoms with Gasteiger partial charge < -0.3 is 19.7 Å². The molecule has 1 heterocycles. The Morgan fingerprint density at radius 1 is 0.510 bits per heavy atom. The van der Waals surface area contributed by atoms with Crippen LogP contribution in [0.1, 0.15) is 194 Å². The standard InChI is InChI=1S/C47H88N2O2/c1-3-5-7-9-11-13-15-17-19-21-23-25-27-29-31-35-44-50-46-47(38-40-48-39-37-43-49-41-33-34-42-49)51-45-36-32-30-28-26-24-22-20-18-16-14-12-10-8-6-4-2/h11-14,17-20,47-48H,3-10,15-16,21-46H2,1-2H3. The first-order valence-corrected chi connectivity index (χ1v) is 22.6. The van der Waals surface area contributed by atoms with Crippen LogP contribution in [0, 0.1) is 0 Å². The van der Waals surface area contributed by atoms with E-state index >= 15 is 0 Å². The van der Waals surface area contributed by atoms with Crippen molar-refractivity contribution in [2.75, 3.05) is 52.5 Å². The van der Waals surface area contributed by atoms with E-state index < -0.39 is 0 Å². The molecule has 4 heteroatoms. The lowest BCUT2D eigenvalue weighted by molar-refractivity contribution is -0.0220. The number of nitrogens with one attached hydrogen (secondary N) is 1. The zero-order valence-corrected chi connectivity index (χ0v) is 34.4. The molecule has 51 heavy (non-hydrogen) atoms. The molecular formula is C47H88N2O2. The van der Waals surface area contributed by atoms with E-state index in [2.05, 4.69) is 72.7 Å². The van der Waals surface area contributed by atoms with Gasteiger partial charge in [0.15, 0.2) is 0 Å². The summed E-state index contributed by atoms with van der Waals surface area (Å²) in [6.45, 7) is 13.0. The van der Waals surface area contributed by atoms with Gasteiger partial charge in [0.1, 0.15) is 0 Å². The third-order valence-electron chi connectivity index (χ3n) is 10.2. The van der Waals surface area contributed by atoms with Gasteiger partial charge in [-0.25, -0.2) is 0 Å². The van der Waals surface area contributed by atoms with Crippen LogP contribution in [0.4, 0.5) is 0 Å². The highest BCUT2D eigenvalue weighted by Gasteiger charge is 2.11. The molecule has 298 valence electrons. The summed E-state index contributed by atoms with van der Waals surface area (Å²) in [5, 5.41) is 3.68. The zero-order chi connectivity index (χ0) is 36.4. The number of hydrogen-bond acceptors (Lipinski definition) is 4. The molecule has 1 unspecified atom stereocenters. The third-order valence-corrected chi connectivity index (χ3v) is 10.2. The van der Waals surface area contributed by atoms with E-state index in [-0.39, 0.29) is 6.10 Å². The van der Waals surface area contributed by atoms with E-state index in [1.807, 2.05) is 0 Å². The smallest absolute Gasteiger partial charge is 0.0820 e. The monoisotopic (exact) mass is 713 g/mol. The van der Waals surface area contributed by atoms with E-state index in [0.29, 0.717) is 0 Å². The summed E-state index contributed by atoms with van der Waals surface area (Å²) in [7, 11) is 0. The van der Waals surface area contributed by atoms with Gasteiger partial charge in [-0.15, -0.1) is 0 Å². The average molecular weight is 713 g/mol. The molecule has 0 saturated carbocycles. The van der Waals surface area contributed by atoms with Crippen LogP contribution in [0.25, 0.3) is 0 Å². The van der Waals surface area contributed by atoms with Crippen molar-refractivity contribution in [2.45, 2.75) is 200 Å². The Morgan fingerprint density at radius 3 is 1.51 bits per heavy atom. The summed E-state index contributed by atoms with van der Waals surface area (Å²) in [4.78, 5) is 2.61. The van der Waals surface area contributed by atoms with Crippen molar-refractivity contribution in [3.8, 4) is 0 Å². The number of nitrogens with zero attached hydrogens (tertiary/aromatic N) is 1. The predicted octanol–water partition coefficient (Wildman–Crippen LogP) is 13.5. The lowest BCUT2D eigenvalue weighted by Gasteiger charge is -2.19. The highest BCUT2D eigenvalue weighted by atomic mass is 16.5. The molecule has 0 aromatic rings. The van der Waals surface area contributed by atoms with Crippen molar-refractivity contribution < 1.29 is 9.47 Å². The Labute approximate surface area is 319 Å². The van der Waals surface area contributed by atoms with Gasteiger partial charge in [-0.1, -0.05) is 140 Å². The highest BCUT2D eigenvalue weighted by molar-refractivity contribution is 4.93.